The van der Waals surface area contributed by atoms with Gasteiger partial charge in [-0.3, -0.25) is 0 Å². The van der Waals surface area contributed by atoms with Crippen molar-refractivity contribution in [3.63, 3.8) is 0 Å². The van der Waals surface area contributed by atoms with Gasteiger partial charge in [-0.05, 0) is 48.6 Å². The molecule has 0 saturated heterocycles. The van der Waals surface area contributed by atoms with E-state index in [4.69, 9.17) is 0 Å². The van der Waals surface area contributed by atoms with Crippen LogP contribution in [0.15, 0.2) is 24.3 Å². The third kappa shape index (κ3) is 1.64. The molecule has 0 radical (unpaired) electrons. The highest BCUT2D eigenvalue weighted by atomic mass is 16.1. The van der Waals surface area contributed by atoms with Crippen molar-refractivity contribution in [1.82, 2.24) is 0 Å². The molecule has 3 rings (SSSR count). The fourth-order valence-electron chi connectivity index (χ4n) is 4.03. The second-order valence-electron chi connectivity index (χ2n) is 5.97. The van der Waals surface area contributed by atoms with Gasteiger partial charge in [-0.25, -0.2) is 0 Å². The molecule has 1 nitrogen and oxygen atoms in total. The quantitative estimate of drug-likeness (QED) is 0.669. The molecule has 1 aromatic rings. The normalized spacial score (nSPS) is 35.8. The van der Waals surface area contributed by atoms with Crippen LogP contribution in [-0.2, 0) is 11.2 Å². The summed E-state index contributed by atoms with van der Waals surface area (Å²) in [6.07, 6.45) is 7.13. The summed E-state index contributed by atoms with van der Waals surface area (Å²) in [6.45, 7) is 2.17. The maximum atomic E-state index is 11.4. The summed E-state index contributed by atoms with van der Waals surface area (Å²) < 4.78 is 0. The van der Waals surface area contributed by atoms with Crippen LogP contribution in [0.4, 0.5) is 0 Å². The second kappa shape index (κ2) is 3.97. The zero-order valence-corrected chi connectivity index (χ0v) is 10.5. The Kier molecular flexibility index (Phi) is 2.57. The number of rotatable bonds is 1. The fraction of sp³-hybridized carbons (Fsp3) is 0.562. The standard InChI is InChI=1S/C16H20O/c1-16(11-17)10-4-7-14-13-6-3-2-5-12(13)8-9-15(14)16/h2-3,5-6,11,14-15H,4,7-10H2,1H3. The van der Waals surface area contributed by atoms with Gasteiger partial charge in [0.2, 0.25) is 0 Å². The van der Waals surface area contributed by atoms with E-state index in [0.29, 0.717) is 11.8 Å². The first-order chi connectivity index (χ1) is 8.24. The fourth-order valence-corrected chi connectivity index (χ4v) is 4.03. The molecule has 0 aliphatic heterocycles. The average molecular weight is 228 g/mol. The minimum atomic E-state index is -0.0730. The van der Waals surface area contributed by atoms with E-state index in [2.05, 4.69) is 31.2 Å². The third-order valence-electron chi connectivity index (χ3n) is 5.01. The molecule has 1 fully saturated rings. The molecule has 90 valence electrons. The Bertz CT molecular complexity index is 437. The molecule has 0 amide bonds. The largest absolute Gasteiger partial charge is 0.303 e. The molecular formula is C16H20O. The molecular weight excluding hydrogens is 208 g/mol. The summed E-state index contributed by atoms with van der Waals surface area (Å²) >= 11 is 0. The maximum Gasteiger partial charge on any atom is 0.126 e. The Morgan fingerprint density at radius 3 is 2.94 bits per heavy atom. The summed E-state index contributed by atoms with van der Waals surface area (Å²) in [5.41, 5.74) is 2.97. The van der Waals surface area contributed by atoms with Crippen molar-refractivity contribution in [2.75, 3.05) is 0 Å². The monoisotopic (exact) mass is 228 g/mol. The van der Waals surface area contributed by atoms with E-state index in [0.717, 1.165) is 12.8 Å². The number of aryl methyl sites for hydroxylation is 1. The summed E-state index contributed by atoms with van der Waals surface area (Å²) in [7, 11) is 0. The lowest BCUT2D eigenvalue weighted by molar-refractivity contribution is -0.121. The summed E-state index contributed by atoms with van der Waals surface area (Å²) in [5.74, 6) is 1.20. The van der Waals surface area contributed by atoms with Gasteiger partial charge in [-0.2, -0.15) is 0 Å². The molecule has 1 saturated carbocycles. The molecule has 2 aliphatic carbocycles. The van der Waals surface area contributed by atoms with Crippen molar-refractivity contribution in [1.29, 1.82) is 0 Å². The second-order valence-corrected chi connectivity index (χ2v) is 5.97. The lowest BCUT2D eigenvalue weighted by Gasteiger charge is -2.46. The first-order valence-electron chi connectivity index (χ1n) is 6.79. The molecule has 0 spiro atoms. The van der Waals surface area contributed by atoms with Crippen LogP contribution in [0.3, 0.4) is 0 Å². The van der Waals surface area contributed by atoms with Gasteiger partial charge in [-0.1, -0.05) is 37.6 Å². The predicted octanol–water partition coefficient (Wildman–Crippen LogP) is 3.72. The lowest BCUT2D eigenvalue weighted by atomic mass is 9.57. The molecule has 0 aromatic heterocycles. The van der Waals surface area contributed by atoms with Crippen molar-refractivity contribution in [2.45, 2.75) is 44.9 Å². The molecule has 1 aromatic carbocycles. The van der Waals surface area contributed by atoms with Gasteiger partial charge in [0.1, 0.15) is 6.29 Å². The van der Waals surface area contributed by atoms with Gasteiger partial charge in [0.25, 0.3) is 0 Å². The van der Waals surface area contributed by atoms with Crippen LogP contribution in [-0.4, -0.2) is 6.29 Å². The minimum absolute atomic E-state index is 0.0730. The first kappa shape index (κ1) is 11.0. The summed E-state index contributed by atoms with van der Waals surface area (Å²) in [6, 6.07) is 8.83. The van der Waals surface area contributed by atoms with E-state index in [9.17, 15) is 4.79 Å². The van der Waals surface area contributed by atoms with Gasteiger partial charge < -0.3 is 4.79 Å². The van der Waals surface area contributed by atoms with Gasteiger partial charge in [0.15, 0.2) is 0 Å². The number of carbonyl (C=O) groups excluding carboxylic acids is 1. The maximum absolute atomic E-state index is 11.4. The van der Waals surface area contributed by atoms with E-state index in [-0.39, 0.29) is 5.41 Å². The minimum Gasteiger partial charge on any atom is -0.303 e. The van der Waals surface area contributed by atoms with Gasteiger partial charge >= 0.3 is 0 Å². The Morgan fingerprint density at radius 2 is 2.12 bits per heavy atom. The number of hydrogen-bond donors (Lipinski definition) is 0. The molecule has 17 heavy (non-hydrogen) atoms. The van der Waals surface area contributed by atoms with Crippen molar-refractivity contribution in [3.8, 4) is 0 Å². The van der Waals surface area contributed by atoms with Crippen molar-refractivity contribution >= 4 is 6.29 Å². The molecule has 0 heterocycles. The zero-order valence-electron chi connectivity index (χ0n) is 10.5. The Labute approximate surface area is 103 Å². The lowest BCUT2D eigenvalue weighted by Crippen LogP contribution is -2.39. The number of fused-ring (bicyclic) bond motifs is 3. The number of hydrogen-bond acceptors (Lipinski definition) is 1. The zero-order chi connectivity index (χ0) is 11.9. The van der Waals surface area contributed by atoms with E-state index in [1.807, 2.05) is 0 Å². The molecule has 1 heteroatoms. The van der Waals surface area contributed by atoms with E-state index >= 15 is 0 Å². The molecule has 2 aliphatic rings. The van der Waals surface area contributed by atoms with Crippen molar-refractivity contribution < 1.29 is 4.79 Å². The van der Waals surface area contributed by atoms with E-state index in [1.54, 1.807) is 0 Å². The smallest absolute Gasteiger partial charge is 0.126 e. The van der Waals surface area contributed by atoms with Crippen molar-refractivity contribution in [3.05, 3.63) is 35.4 Å². The van der Waals surface area contributed by atoms with Crippen LogP contribution in [0.1, 0.15) is 49.7 Å². The molecule has 3 unspecified atom stereocenters. The molecule has 0 N–H and O–H groups in total. The topological polar surface area (TPSA) is 17.1 Å². The Balaban J connectivity index is 2.02. The SMILES string of the molecule is CC1(C=O)CCCC2c3ccccc3CCC21. The number of carbonyl (C=O) groups is 1. The Hall–Kier alpha value is -1.11. The third-order valence-corrected chi connectivity index (χ3v) is 5.01. The van der Waals surface area contributed by atoms with Crippen LogP contribution >= 0.6 is 0 Å². The first-order valence-corrected chi connectivity index (χ1v) is 6.79. The van der Waals surface area contributed by atoms with Gasteiger partial charge in [0.05, 0.1) is 0 Å². The number of aldehydes is 1. The summed E-state index contributed by atoms with van der Waals surface area (Å²) in [5, 5.41) is 0. The average Bonchev–Trinajstić information content (AvgIpc) is 2.39. The predicted molar refractivity (Wildman–Crippen MR) is 69.0 cm³/mol. The highest BCUT2D eigenvalue weighted by molar-refractivity contribution is 5.60. The van der Waals surface area contributed by atoms with Crippen LogP contribution in [0.5, 0.6) is 0 Å². The van der Waals surface area contributed by atoms with Gasteiger partial charge in [-0.15, -0.1) is 0 Å². The number of benzene rings is 1. The van der Waals surface area contributed by atoms with Crippen LogP contribution in [0.2, 0.25) is 0 Å². The van der Waals surface area contributed by atoms with Crippen molar-refractivity contribution in [2.24, 2.45) is 11.3 Å². The van der Waals surface area contributed by atoms with Gasteiger partial charge in [0, 0.05) is 5.41 Å². The Morgan fingerprint density at radius 1 is 1.29 bits per heavy atom. The van der Waals surface area contributed by atoms with Crippen LogP contribution in [0.25, 0.3) is 0 Å². The highest BCUT2D eigenvalue weighted by Gasteiger charge is 2.44. The highest BCUT2D eigenvalue weighted by Crippen LogP contribution is 2.52. The molecule has 3 atom stereocenters. The van der Waals surface area contributed by atoms with E-state index in [1.165, 1.54) is 36.7 Å². The molecule has 0 bridgehead atoms. The summed E-state index contributed by atoms with van der Waals surface area (Å²) in [4.78, 5) is 11.4. The van der Waals surface area contributed by atoms with Crippen LogP contribution < -0.4 is 0 Å². The van der Waals surface area contributed by atoms with Crippen LogP contribution in [0, 0.1) is 11.3 Å². The van der Waals surface area contributed by atoms with E-state index < -0.39 is 0 Å².